The molecular formula is C17H16ClN3O3. The van der Waals surface area contributed by atoms with Crippen LogP contribution >= 0.6 is 11.6 Å². The van der Waals surface area contributed by atoms with E-state index in [9.17, 15) is 9.59 Å². The minimum atomic E-state index is -0.296. The first-order valence-electron chi connectivity index (χ1n) is 7.53. The monoisotopic (exact) mass is 345 g/mol. The summed E-state index contributed by atoms with van der Waals surface area (Å²) in [6.07, 6.45) is 1.46. The molecule has 3 rings (SSSR count). The summed E-state index contributed by atoms with van der Waals surface area (Å²) in [5, 5.41) is 3.18. The fraction of sp³-hybridized carbons (Fsp3) is 0.235. The highest BCUT2D eigenvalue weighted by Gasteiger charge is 2.18. The summed E-state index contributed by atoms with van der Waals surface area (Å²) in [7, 11) is 0. The molecule has 2 aromatic rings. The Morgan fingerprint density at radius 2 is 1.71 bits per heavy atom. The molecule has 1 aliphatic rings. The Labute approximate surface area is 144 Å². The van der Waals surface area contributed by atoms with E-state index in [2.05, 4.69) is 10.3 Å². The summed E-state index contributed by atoms with van der Waals surface area (Å²) in [5.41, 5.74) is 1.00. The number of morpholine rings is 1. The number of nitrogens with one attached hydrogen (secondary N) is 1. The van der Waals surface area contributed by atoms with Gasteiger partial charge in [-0.05, 0) is 36.4 Å². The van der Waals surface area contributed by atoms with Crippen molar-refractivity contribution in [3.8, 4) is 0 Å². The highest BCUT2D eigenvalue weighted by Crippen LogP contribution is 2.13. The van der Waals surface area contributed by atoms with Gasteiger partial charge in [-0.3, -0.25) is 9.59 Å². The number of nitrogens with zero attached hydrogens (tertiary/aromatic N) is 2. The highest BCUT2D eigenvalue weighted by atomic mass is 35.5. The quantitative estimate of drug-likeness (QED) is 0.927. The molecule has 2 amide bonds. The van der Waals surface area contributed by atoms with Crippen LogP contribution in [0.15, 0.2) is 42.6 Å². The highest BCUT2D eigenvalue weighted by molar-refractivity contribution is 6.30. The minimum absolute atomic E-state index is 0.0513. The first-order chi connectivity index (χ1) is 11.6. The topological polar surface area (TPSA) is 71.5 Å². The zero-order chi connectivity index (χ0) is 16.9. The van der Waals surface area contributed by atoms with Gasteiger partial charge in [-0.1, -0.05) is 11.6 Å². The molecule has 7 heteroatoms. The van der Waals surface area contributed by atoms with Crippen LogP contribution < -0.4 is 5.32 Å². The molecule has 6 nitrogen and oxygen atoms in total. The van der Waals surface area contributed by atoms with Crippen molar-refractivity contribution in [1.29, 1.82) is 0 Å². The van der Waals surface area contributed by atoms with Gasteiger partial charge < -0.3 is 15.0 Å². The molecule has 1 aliphatic heterocycles. The van der Waals surface area contributed by atoms with E-state index < -0.39 is 0 Å². The molecule has 1 aromatic heterocycles. The second-order valence-electron chi connectivity index (χ2n) is 5.30. The van der Waals surface area contributed by atoms with Crippen molar-refractivity contribution in [2.45, 2.75) is 0 Å². The first kappa shape index (κ1) is 16.4. The molecule has 0 saturated carbocycles. The standard InChI is InChI=1S/C17H16ClN3O3/c18-14-5-6-15(19-11-14)20-16(22)12-1-3-13(4-2-12)17(23)21-7-9-24-10-8-21/h1-6,11H,7-10H2,(H,19,20,22). The molecule has 24 heavy (non-hydrogen) atoms. The molecule has 1 saturated heterocycles. The number of pyridine rings is 1. The van der Waals surface area contributed by atoms with Crippen LogP contribution in [0.5, 0.6) is 0 Å². The predicted octanol–water partition coefficient (Wildman–Crippen LogP) is 2.46. The molecule has 1 aromatic carbocycles. The normalized spacial score (nSPS) is 14.3. The maximum atomic E-state index is 12.4. The van der Waals surface area contributed by atoms with Crippen LogP contribution in [-0.4, -0.2) is 48.0 Å². The molecule has 1 fully saturated rings. The van der Waals surface area contributed by atoms with Gasteiger partial charge in [0.15, 0.2) is 0 Å². The van der Waals surface area contributed by atoms with E-state index in [1.807, 2.05) is 0 Å². The van der Waals surface area contributed by atoms with Crippen molar-refractivity contribution in [3.63, 3.8) is 0 Å². The second-order valence-corrected chi connectivity index (χ2v) is 5.73. The maximum absolute atomic E-state index is 12.4. The molecule has 124 valence electrons. The van der Waals surface area contributed by atoms with E-state index >= 15 is 0 Å². The van der Waals surface area contributed by atoms with Crippen molar-refractivity contribution in [1.82, 2.24) is 9.88 Å². The van der Waals surface area contributed by atoms with Crippen molar-refractivity contribution < 1.29 is 14.3 Å². The smallest absolute Gasteiger partial charge is 0.256 e. The lowest BCUT2D eigenvalue weighted by atomic mass is 10.1. The molecule has 0 aliphatic carbocycles. The molecule has 2 heterocycles. The lowest BCUT2D eigenvalue weighted by molar-refractivity contribution is 0.0303. The summed E-state index contributed by atoms with van der Waals surface area (Å²) in [6.45, 7) is 2.28. The Hall–Kier alpha value is -2.44. The largest absolute Gasteiger partial charge is 0.378 e. The van der Waals surface area contributed by atoms with E-state index in [0.29, 0.717) is 48.3 Å². The number of aromatic nitrogens is 1. The molecule has 0 spiro atoms. The SMILES string of the molecule is O=C(Nc1ccc(Cl)cn1)c1ccc(C(=O)N2CCOCC2)cc1. The Morgan fingerprint density at radius 1 is 1.04 bits per heavy atom. The van der Waals surface area contributed by atoms with Gasteiger partial charge in [-0.25, -0.2) is 4.98 Å². The van der Waals surface area contributed by atoms with Crippen LogP contribution in [0.2, 0.25) is 5.02 Å². The van der Waals surface area contributed by atoms with Gasteiger partial charge in [-0.2, -0.15) is 0 Å². The van der Waals surface area contributed by atoms with Crippen LogP contribution in [-0.2, 0) is 4.74 Å². The number of hydrogen-bond acceptors (Lipinski definition) is 4. The molecule has 0 bridgehead atoms. The molecule has 0 atom stereocenters. The number of carbonyl (C=O) groups excluding carboxylic acids is 2. The molecule has 1 N–H and O–H groups in total. The number of ether oxygens (including phenoxy) is 1. The van der Waals surface area contributed by atoms with Crippen molar-refractivity contribution in [2.75, 3.05) is 31.6 Å². The third-order valence-corrected chi connectivity index (χ3v) is 3.88. The van der Waals surface area contributed by atoms with Crippen LogP contribution in [0.25, 0.3) is 0 Å². The lowest BCUT2D eigenvalue weighted by Gasteiger charge is -2.26. The summed E-state index contributed by atoms with van der Waals surface area (Å²) < 4.78 is 5.24. The van der Waals surface area contributed by atoms with Crippen LogP contribution in [0.4, 0.5) is 5.82 Å². The zero-order valence-corrected chi connectivity index (χ0v) is 13.6. The van der Waals surface area contributed by atoms with Gasteiger partial charge in [0, 0.05) is 30.4 Å². The minimum Gasteiger partial charge on any atom is -0.378 e. The van der Waals surface area contributed by atoms with Crippen molar-refractivity contribution in [2.24, 2.45) is 0 Å². The van der Waals surface area contributed by atoms with Gasteiger partial charge in [0.25, 0.3) is 11.8 Å². The van der Waals surface area contributed by atoms with E-state index in [4.69, 9.17) is 16.3 Å². The van der Waals surface area contributed by atoms with Gasteiger partial charge in [0.1, 0.15) is 5.82 Å². The van der Waals surface area contributed by atoms with E-state index in [1.165, 1.54) is 6.20 Å². The average Bonchev–Trinajstić information content (AvgIpc) is 2.64. The number of amides is 2. The van der Waals surface area contributed by atoms with Gasteiger partial charge in [-0.15, -0.1) is 0 Å². The molecular weight excluding hydrogens is 330 g/mol. The number of benzene rings is 1. The number of rotatable bonds is 3. The Morgan fingerprint density at radius 3 is 2.33 bits per heavy atom. The summed E-state index contributed by atoms with van der Waals surface area (Å²) >= 11 is 5.76. The van der Waals surface area contributed by atoms with Crippen LogP contribution in [0.1, 0.15) is 20.7 Å². The van der Waals surface area contributed by atoms with Gasteiger partial charge >= 0.3 is 0 Å². The Balaban J connectivity index is 1.66. The molecule has 0 radical (unpaired) electrons. The zero-order valence-electron chi connectivity index (χ0n) is 12.9. The lowest BCUT2D eigenvalue weighted by Crippen LogP contribution is -2.40. The average molecular weight is 346 g/mol. The fourth-order valence-electron chi connectivity index (χ4n) is 2.35. The third-order valence-electron chi connectivity index (χ3n) is 3.66. The molecule has 0 unspecified atom stereocenters. The Kier molecular flexibility index (Phi) is 5.08. The second kappa shape index (κ2) is 7.42. The van der Waals surface area contributed by atoms with E-state index in [1.54, 1.807) is 41.3 Å². The van der Waals surface area contributed by atoms with Crippen LogP contribution in [0.3, 0.4) is 0 Å². The van der Waals surface area contributed by atoms with Crippen LogP contribution in [0, 0.1) is 0 Å². The summed E-state index contributed by atoms with van der Waals surface area (Å²) in [5.74, 6) is 0.0673. The number of anilines is 1. The predicted molar refractivity (Wildman–Crippen MR) is 90.4 cm³/mol. The third kappa shape index (κ3) is 3.90. The Bertz CT molecular complexity index is 726. The van der Waals surface area contributed by atoms with Crippen molar-refractivity contribution >= 4 is 29.2 Å². The van der Waals surface area contributed by atoms with Gasteiger partial charge in [0.2, 0.25) is 0 Å². The fourth-order valence-corrected chi connectivity index (χ4v) is 2.46. The van der Waals surface area contributed by atoms with Gasteiger partial charge in [0.05, 0.1) is 18.2 Å². The van der Waals surface area contributed by atoms with E-state index in [-0.39, 0.29) is 11.8 Å². The van der Waals surface area contributed by atoms with Crippen molar-refractivity contribution in [3.05, 3.63) is 58.7 Å². The number of hydrogen-bond donors (Lipinski definition) is 1. The summed E-state index contributed by atoms with van der Waals surface area (Å²) in [6, 6.07) is 9.83. The van der Waals surface area contributed by atoms with E-state index in [0.717, 1.165) is 0 Å². The number of carbonyl (C=O) groups is 2. The maximum Gasteiger partial charge on any atom is 0.256 e. The number of halogens is 1. The first-order valence-corrected chi connectivity index (χ1v) is 7.91. The summed E-state index contributed by atoms with van der Waals surface area (Å²) in [4.78, 5) is 30.3.